The first-order valence-corrected chi connectivity index (χ1v) is 4.48. The lowest BCUT2D eigenvalue weighted by atomic mass is 10.2. The van der Waals surface area contributed by atoms with Gasteiger partial charge in [0.1, 0.15) is 0 Å². The van der Waals surface area contributed by atoms with E-state index < -0.39 is 0 Å². The molecular weight excluding hydrogens is 194 g/mol. The first-order valence-electron chi connectivity index (χ1n) is 4.48. The molecule has 6 heteroatoms. The van der Waals surface area contributed by atoms with Gasteiger partial charge in [-0.1, -0.05) is 0 Å². The summed E-state index contributed by atoms with van der Waals surface area (Å²) < 4.78 is 1.79. The second kappa shape index (κ2) is 3.56. The maximum absolute atomic E-state index is 11.1. The van der Waals surface area contributed by atoms with Gasteiger partial charge in [-0.05, 0) is 6.07 Å². The van der Waals surface area contributed by atoms with Crippen LogP contribution in [-0.2, 0) is 7.05 Å². The molecule has 0 spiro atoms. The predicted octanol–water partition coefficient (Wildman–Crippen LogP) is 0.212. The van der Waals surface area contributed by atoms with Crippen molar-refractivity contribution >= 4 is 5.95 Å². The number of nitrogens with one attached hydrogen (secondary N) is 2. The normalized spacial score (nSPS) is 10.3. The smallest absolute Gasteiger partial charge is 0.248 e. The Morgan fingerprint density at radius 2 is 2.27 bits per heavy atom. The topological polar surface area (TPSA) is 75.6 Å². The second-order valence-corrected chi connectivity index (χ2v) is 3.10. The maximum atomic E-state index is 11.1. The molecule has 0 saturated heterocycles. The largest absolute Gasteiger partial charge is 0.357 e. The van der Waals surface area contributed by atoms with E-state index in [9.17, 15) is 4.79 Å². The molecule has 0 radical (unpaired) electrons. The number of aromatic amines is 1. The molecule has 2 aromatic rings. The lowest BCUT2D eigenvalue weighted by Gasteiger charge is -2.01. The molecule has 0 aliphatic carbocycles. The van der Waals surface area contributed by atoms with Gasteiger partial charge in [0.05, 0.1) is 0 Å². The number of aromatic nitrogens is 4. The second-order valence-electron chi connectivity index (χ2n) is 3.10. The Labute approximate surface area is 86.0 Å². The monoisotopic (exact) mass is 205 g/mol. The van der Waals surface area contributed by atoms with Gasteiger partial charge in [-0.15, -0.1) is 10.2 Å². The van der Waals surface area contributed by atoms with Crippen LogP contribution in [0.25, 0.3) is 11.4 Å². The third-order valence-electron chi connectivity index (χ3n) is 2.13. The lowest BCUT2D eigenvalue weighted by molar-refractivity contribution is 0.924. The maximum Gasteiger partial charge on any atom is 0.248 e. The van der Waals surface area contributed by atoms with Gasteiger partial charge < -0.3 is 10.3 Å². The molecule has 0 fully saturated rings. The summed E-state index contributed by atoms with van der Waals surface area (Å²) in [4.78, 5) is 13.7. The predicted molar refractivity (Wildman–Crippen MR) is 56.6 cm³/mol. The van der Waals surface area contributed by atoms with Crippen molar-refractivity contribution in [2.24, 2.45) is 7.05 Å². The van der Waals surface area contributed by atoms with E-state index >= 15 is 0 Å². The molecule has 0 aromatic carbocycles. The van der Waals surface area contributed by atoms with Crippen molar-refractivity contribution in [2.45, 2.75) is 0 Å². The summed E-state index contributed by atoms with van der Waals surface area (Å²) in [5, 5.41) is 10.8. The zero-order chi connectivity index (χ0) is 10.8. The SMILES string of the molecule is CNc1nnc(-c2cc[nH]c(=O)c2)n1C. The summed E-state index contributed by atoms with van der Waals surface area (Å²) in [5.41, 5.74) is 0.594. The molecule has 0 aliphatic heterocycles. The van der Waals surface area contributed by atoms with E-state index in [1.165, 1.54) is 6.07 Å². The van der Waals surface area contributed by atoms with Crippen molar-refractivity contribution < 1.29 is 0 Å². The van der Waals surface area contributed by atoms with Crippen LogP contribution < -0.4 is 10.9 Å². The quantitative estimate of drug-likeness (QED) is 0.735. The van der Waals surface area contributed by atoms with E-state index in [1.807, 2.05) is 7.05 Å². The van der Waals surface area contributed by atoms with Gasteiger partial charge in [-0.25, -0.2) is 0 Å². The zero-order valence-corrected chi connectivity index (χ0v) is 8.48. The Morgan fingerprint density at radius 1 is 1.47 bits per heavy atom. The van der Waals surface area contributed by atoms with Gasteiger partial charge in [0, 0.05) is 31.9 Å². The van der Waals surface area contributed by atoms with Crippen molar-refractivity contribution in [3.05, 3.63) is 28.7 Å². The van der Waals surface area contributed by atoms with E-state index in [1.54, 1.807) is 23.9 Å². The summed E-state index contributed by atoms with van der Waals surface area (Å²) in [7, 11) is 3.61. The first-order chi connectivity index (χ1) is 7.22. The summed E-state index contributed by atoms with van der Waals surface area (Å²) in [6.45, 7) is 0. The molecule has 2 aromatic heterocycles. The van der Waals surface area contributed by atoms with Gasteiger partial charge in [0.25, 0.3) is 0 Å². The highest BCUT2D eigenvalue weighted by Crippen LogP contribution is 2.16. The highest BCUT2D eigenvalue weighted by atomic mass is 16.1. The van der Waals surface area contributed by atoms with Gasteiger partial charge >= 0.3 is 0 Å². The molecule has 15 heavy (non-hydrogen) atoms. The molecule has 0 unspecified atom stereocenters. The van der Waals surface area contributed by atoms with E-state index in [2.05, 4.69) is 20.5 Å². The van der Waals surface area contributed by atoms with E-state index in [0.29, 0.717) is 11.8 Å². The number of hydrogen-bond donors (Lipinski definition) is 2. The fraction of sp³-hybridized carbons (Fsp3) is 0.222. The molecule has 0 bridgehead atoms. The standard InChI is InChI=1S/C9H11N5O/c1-10-9-13-12-8(14(9)2)6-3-4-11-7(15)5-6/h3-5H,1-2H3,(H,10,13)(H,11,15). The van der Waals surface area contributed by atoms with Gasteiger partial charge in [-0.3, -0.25) is 9.36 Å². The molecule has 78 valence electrons. The highest BCUT2D eigenvalue weighted by Gasteiger charge is 2.09. The third kappa shape index (κ3) is 1.61. The van der Waals surface area contributed by atoms with Crippen molar-refractivity contribution in [1.82, 2.24) is 19.7 Å². The van der Waals surface area contributed by atoms with Gasteiger partial charge in [0.15, 0.2) is 5.82 Å². The van der Waals surface area contributed by atoms with Crippen molar-refractivity contribution in [1.29, 1.82) is 0 Å². The zero-order valence-electron chi connectivity index (χ0n) is 8.48. The number of anilines is 1. The van der Waals surface area contributed by atoms with E-state index in [0.717, 1.165) is 5.56 Å². The van der Waals surface area contributed by atoms with Crippen LogP contribution in [0, 0.1) is 0 Å². The minimum absolute atomic E-state index is 0.151. The first kappa shape index (κ1) is 9.45. The fourth-order valence-electron chi connectivity index (χ4n) is 1.38. The van der Waals surface area contributed by atoms with E-state index in [-0.39, 0.29) is 5.56 Å². The van der Waals surface area contributed by atoms with Crippen LogP contribution in [0.4, 0.5) is 5.95 Å². The number of H-pyrrole nitrogens is 1. The third-order valence-corrected chi connectivity index (χ3v) is 2.13. The number of nitrogens with zero attached hydrogens (tertiary/aromatic N) is 3. The van der Waals surface area contributed by atoms with Crippen molar-refractivity contribution in [2.75, 3.05) is 12.4 Å². The van der Waals surface area contributed by atoms with Crippen LogP contribution in [0.5, 0.6) is 0 Å². The summed E-state index contributed by atoms with van der Waals surface area (Å²) in [5.74, 6) is 1.32. The molecular formula is C9H11N5O. The van der Waals surface area contributed by atoms with Gasteiger partial charge in [-0.2, -0.15) is 0 Å². The molecule has 2 rings (SSSR count). The molecule has 0 atom stereocenters. The Morgan fingerprint density at radius 3 is 2.87 bits per heavy atom. The average molecular weight is 205 g/mol. The van der Waals surface area contributed by atoms with Crippen LogP contribution in [0.1, 0.15) is 0 Å². The van der Waals surface area contributed by atoms with Crippen LogP contribution in [0.15, 0.2) is 23.1 Å². The molecule has 0 amide bonds. The van der Waals surface area contributed by atoms with Crippen LogP contribution in [0.3, 0.4) is 0 Å². The van der Waals surface area contributed by atoms with Crippen LogP contribution in [0.2, 0.25) is 0 Å². The Bertz CT molecular complexity index is 527. The summed E-state index contributed by atoms with van der Waals surface area (Å²) in [6, 6.07) is 3.27. The molecule has 6 nitrogen and oxygen atoms in total. The minimum Gasteiger partial charge on any atom is -0.357 e. The number of pyridine rings is 1. The number of rotatable bonds is 2. The summed E-state index contributed by atoms with van der Waals surface area (Å²) in [6.07, 6.45) is 1.59. The van der Waals surface area contributed by atoms with Gasteiger partial charge in [0.2, 0.25) is 11.5 Å². The lowest BCUT2D eigenvalue weighted by Crippen LogP contribution is -2.04. The molecule has 0 aliphatic rings. The van der Waals surface area contributed by atoms with Crippen LogP contribution >= 0.6 is 0 Å². The number of hydrogen-bond acceptors (Lipinski definition) is 4. The molecule has 2 N–H and O–H groups in total. The highest BCUT2D eigenvalue weighted by molar-refractivity contribution is 5.56. The van der Waals surface area contributed by atoms with Crippen LogP contribution in [-0.4, -0.2) is 26.8 Å². The van der Waals surface area contributed by atoms with Crippen molar-refractivity contribution in [3.63, 3.8) is 0 Å². The Kier molecular flexibility index (Phi) is 2.24. The average Bonchev–Trinajstić information content (AvgIpc) is 2.59. The summed E-state index contributed by atoms with van der Waals surface area (Å²) >= 11 is 0. The minimum atomic E-state index is -0.151. The van der Waals surface area contributed by atoms with E-state index in [4.69, 9.17) is 0 Å². The molecule has 2 heterocycles. The Hall–Kier alpha value is -2.11. The van der Waals surface area contributed by atoms with Crippen molar-refractivity contribution in [3.8, 4) is 11.4 Å². The molecule has 0 saturated carbocycles. The Balaban J connectivity index is 2.54. The fourth-order valence-corrected chi connectivity index (χ4v) is 1.38.